The Morgan fingerprint density at radius 1 is 1.36 bits per heavy atom. The van der Waals surface area contributed by atoms with Gasteiger partial charge in [-0.2, -0.15) is 0 Å². The van der Waals surface area contributed by atoms with Crippen molar-refractivity contribution < 1.29 is 14.3 Å². The first kappa shape index (κ1) is 13.4. The van der Waals surface area contributed by atoms with Crippen LogP contribution in [0.25, 0.3) is 0 Å². The third kappa shape index (κ3) is 8.05. The molecule has 0 bridgehead atoms. The fourth-order valence-corrected chi connectivity index (χ4v) is 0.854. The summed E-state index contributed by atoms with van der Waals surface area (Å²) in [4.78, 5) is 11.2. The number of carbonyl (C=O) groups is 1. The predicted molar refractivity (Wildman–Crippen MR) is 56.2 cm³/mol. The van der Waals surface area contributed by atoms with Crippen LogP contribution in [0.2, 0.25) is 0 Å². The highest BCUT2D eigenvalue weighted by atomic mass is 16.6. The summed E-state index contributed by atoms with van der Waals surface area (Å²) >= 11 is 0. The molecule has 0 aliphatic rings. The van der Waals surface area contributed by atoms with Crippen LogP contribution in [0.5, 0.6) is 0 Å². The number of rotatable bonds is 5. The van der Waals surface area contributed by atoms with Gasteiger partial charge in [0.15, 0.2) is 0 Å². The molecule has 0 spiro atoms. The summed E-state index contributed by atoms with van der Waals surface area (Å²) < 4.78 is 10.5. The molecule has 0 heterocycles. The van der Waals surface area contributed by atoms with Gasteiger partial charge in [0.2, 0.25) is 0 Å². The van der Waals surface area contributed by atoms with Crippen LogP contribution in [0.4, 0.5) is 0 Å². The molecular formula is C11H22O3. The van der Waals surface area contributed by atoms with Crippen LogP contribution in [0.15, 0.2) is 0 Å². The van der Waals surface area contributed by atoms with E-state index < -0.39 is 5.60 Å². The van der Waals surface area contributed by atoms with Gasteiger partial charge >= 0.3 is 5.97 Å². The lowest BCUT2D eigenvalue weighted by Crippen LogP contribution is -2.24. The summed E-state index contributed by atoms with van der Waals surface area (Å²) in [6.45, 7) is 10.1. The van der Waals surface area contributed by atoms with Crippen molar-refractivity contribution in [2.24, 2.45) is 0 Å². The second-order valence-electron chi connectivity index (χ2n) is 4.43. The molecule has 0 rings (SSSR count). The Hall–Kier alpha value is -0.570. The van der Waals surface area contributed by atoms with E-state index in [1.807, 2.05) is 27.7 Å². The molecule has 0 saturated heterocycles. The molecule has 0 aromatic carbocycles. The zero-order valence-electron chi connectivity index (χ0n) is 9.92. The molecule has 0 aliphatic heterocycles. The Balaban J connectivity index is 3.55. The van der Waals surface area contributed by atoms with Gasteiger partial charge in [0.05, 0.1) is 19.1 Å². The van der Waals surface area contributed by atoms with Gasteiger partial charge < -0.3 is 9.47 Å². The Kier molecular flexibility index (Phi) is 5.77. The van der Waals surface area contributed by atoms with E-state index in [4.69, 9.17) is 9.47 Å². The molecule has 0 fully saturated rings. The van der Waals surface area contributed by atoms with E-state index in [1.165, 1.54) is 0 Å². The maximum atomic E-state index is 11.2. The topological polar surface area (TPSA) is 35.5 Å². The lowest BCUT2D eigenvalue weighted by atomic mass is 10.2. The van der Waals surface area contributed by atoms with E-state index in [2.05, 4.69) is 6.92 Å². The van der Waals surface area contributed by atoms with Crippen LogP contribution in [-0.2, 0) is 14.3 Å². The minimum atomic E-state index is -0.395. The molecule has 0 radical (unpaired) electrons. The smallest absolute Gasteiger partial charge is 0.308 e. The van der Waals surface area contributed by atoms with Crippen molar-refractivity contribution in [2.75, 3.05) is 6.61 Å². The van der Waals surface area contributed by atoms with Crippen molar-refractivity contribution in [1.29, 1.82) is 0 Å². The molecule has 0 saturated carbocycles. The van der Waals surface area contributed by atoms with E-state index in [9.17, 15) is 4.79 Å². The zero-order chi connectivity index (χ0) is 11.2. The molecule has 3 nitrogen and oxygen atoms in total. The highest BCUT2D eigenvalue weighted by Gasteiger charge is 2.15. The van der Waals surface area contributed by atoms with Crippen molar-refractivity contribution in [2.45, 2.75) is 59.2 Å². The maximum Gasteiger partial charge on any atom is 0.308 e. The summed E-state index contributed by atoms with van der Waals surface area (Å²) in [5.41, 5.74) is -0.395. The molecule has 3 heteroatoms. The van der Waals surface area contributed by atoms with Crippen molar-refractivity contribution in [3.63, 3.8) is 0 Å². The lowest BCUT2D eigenvalue weighted by molar-refractivity contribution is -0.156. The molecule has 1 atom stereocenters. The third-order valence-corrected chi connectivity index (χ3v) is 1.70. The fourth-order valence-electron chi connectivity index (χ4n) is 0.854. The molecule has 0 amide bonds. The van der Waals surface area contributed by atoms with E-state index >= 15 is 0 Å². The Morgan fingerprint density at radius 3 is 2.36 bits per heavy atom. The van der Waals surface area contributed by atoms with Crippen molar-refractivity contribution >= 4 is 5.97 Å². The zero-order valence-corrected chi connectivity index (χ0v) is 9.92. The highest BCUT2D eigenvalue weighted by Crippen LogP contribution is 2.08. The molecule has 0 aromatic heterocycles. The van der Waals surface area contributed by atoms with Gasteiger partial charge in [-0.15, -0.1) is 0 Å². The van der Waals surface area contributed by atoms with E-state index in [1.54, 1.807) is 0 Å². The molecular weight excluding hydrogens is 180 g/mol. The number of hydrogen-bond donors (Lipinski definition) is 0. The van der Waals surface area contributed by atoms with E-state index in [0.717, 1.165) is 6.42 Å². The van der Waals surface area contributed by atoms with Crippen molar-refractivity contribution in [3.05, 3.63) is 0 Å². The monoisotopic (exact) mass is 202 g/mol. The Bertz CT molecular complexity index is 170. The molecule has 0 aliphatic carbocycles. The number of hydrogen-bond acceptors (Lipinski definition) is 3. The number of ether oxygens (including phenoxy) is 2. The highest BCUT2D eigenvalue weighted by molar-refractivity contribution is 5.69. The van der Waals surface area contributed by atoms with Crippen LogP contribution in [0.1, 0.15) is 47.5 Å². The lowest BCUT2D eigenvalue weighted by Gasteiger charge is -2.19. The van der Waals surface area contributed by atoms with E-state index in [-0.39, 0.29) is 12.1 Å². The first-order valence-electron chi connectivity index (χ1n) is 5.18. The molecule has 0 aromatic rings. The average molecular weight is 202 g/mol. The van der Waals surface area contributed by atoms with E-state index in [0.29, 0.717) is 13.0 Å². The molecule has 14 heavy (non-hydrogen) atoms. The minimum Gasteiger partial charge on any atom is -0.460 e. The molecule has 0 N–H and O–H groups in total. The molecule has 84 valence electrons. The van der Waals surface area contributed by atoms with Crippen LogP contribution in [0, 0.1) is 0 Å². The van der Waals surface area contributed by atoms with Crippen LogP contribution >= 0.6 is 0 Å². The second-order valence-corrected chi connectivity index (χ2v) is 4.43. The maximum absolute atomic E-state index is 11.2. The van der Waals surface area contributed by atoms with Crippen molar-refractivity contribution in [3.8, 4) is 0 Å². The SMILES string of the molecule is CCC(C)OCCC(=O)OC(C)(C)C. The van der Waals surface area contributed by atoms with Crippen LogP contribution in [-0.4, -0.2) is 24.3 Å². The van der Waals surface area contributed by atoms with Crippen LogP contribution < -0.4 is 0 Å². The van der Waals surface area contributed by atoms with Gasteiger partial charge in [-0.1, -0.05) is 6.92 Å². The van der Waals surface area contributed by atoms with Crippen molar-refractivity contribution in [1.82, 2.24) is 0 Å². The predicted octanol–water partition coefficient (Wildman–Crippen LogP) is 2.53. The van der Waals surface area contributed by atoms with Gasteiger partial charge in [0, 0.05) is 0 Å². The number of esters is 1. The second kappa shape index (κ2) is 6.02. The standard InChI is InChI=1S/C11H22O3/c1-6-9(2)13-8-7-10(12)14-11(3,4)5/h9H,6-8H2,1-5H3. The first-order chi connectivity index (χ1) is 6.35. The summed E-state index contributed by atoms with van der Waals surface area (Å²) in [5.74, 6) is -0.194. The fraction of sp³-hybridized carbons (Fsp3) is 0.909. The first-order valence-corrected chi connectivity index (χ1v) is 5.18. The minimum absolute atomic E-state index is 0.194. The summed E-state index contributed by atoms with van der Waals surface area (Å²) in [6.07, 6.45) is 1.52. The largest absolute Gasteiger partial charge is 0.460 e. The summed E-state index contributed by atoms with van der Waals surface area (Å²) in [6, 6.07) is 0. The summed E-state index contributed by atoms with van der Waals surface area (Å²) in [7, 11) is 0. The molecule has 1 unspecified atom stereocenters. The van der Waals surface area contributed by atoms with Gasteiger partial charge in [-0.05, 0) is 34.1 Å². The average Bonchev–Trinajstić information content (AvgIpc) is 2.00. The Morgan fingerprint density at radius 2 is 1.93 bits per heavy atom. The van der Waals surface area contributed by atoms with Gasteiger partial charge in [-0.3, -0.25) is 4.79 Å². The third-order valence-electron chi connectivity index (χ3n) is 1.70. The van der Waals surface area contributed by atoms with Gasteiger partial charge in [-0.25, -0.2) is 0 Å². The Labute approximate surface area is 86.8 Å². The normalized spacial score (nSPS) is 13.8. The summed E-state index contributed by atoms with van der Waals surface area (Å²) in [5, 5.41) is 0. The number of carbonyl (C=O) groups excluding carboxylic acids is 1. The van der Waals surface area contributed by atoms with Gasteiger partial charge in [0.25, 0.3) is 0 Å². The quantitative estimate of drug-likeness (QED) is 0.643. The van der Waals surface area contributed by atoms with Crippen LogP contribution in [0.3, 0.4) is 0 Å². The van der Waals surface area contributed by atoms with Gasteiger partial charge in [0.1, 0.15) is 5.60 Å².